The molecule has 1 atom stereocenters. The summed E-state index contributed by atoms with van der Waals surface area (Å²) in [5.41, 5.74) is 2.49. The van der Waals surface area contributed by atoms with Crippen molar-refractivity contribution in [1.29, 1.82) is 0 Å². The predicted molar refractivity (Wildman–Crippen MR) is 95.9 cm³/mol. The van der Waals surface area contributed by atoms with E-state index in [2.05, 4.69) is 41.6 Å². The van der Waals surface area contributed by atoms with E-state index in [1.54, 1.807) is 11.3 Å². The molecule has 1 fully saturated rings. The van der Waals surface area contributed by atoms with Gasteiger partial charge in [0.2, 0.25) is 11.8 Å². The van der Waals surface area contributed by atoms with E-state index in [0.29, 0.717) is 13.1 Å². The molecule has 1 aromatic heterocycles. The van der Waals surface area contributed by atoms with Crippen LogP contribution in [0.1, 0.15) is 30.7 Å². The maximum absolute atomic E-state index is 12.7. The number of amides is 2. The van der Waals surface area contributed by atoms with Gasteiger partial charge in [-0.05, 0) is 37.3 Å². The summed E-state index contributed by atoms with van der Waals surface area (Å²) in [5, 5.41) is 4.99. The molecule has 0 aliphatic carbocycles. The van der Waals surface area contributed by atoms with Crippen molar-refractivity contribution < 1.29 is 9.59 Å². The first-order valence-electron chi connectivity index (χ1n) is 8.52. The molecule has 0 unspecified atom stereocenters. The van der Waals surface area contributed by atoms with Crippen LogP contribution >= 0.6 is 11.3 Å². The zero-order chi connectivity index (χ0) is 17.1. The molecule has 130 valence electrons. The zero-order valence-corrected chi connectivity index (χ0v) is 15.2. The zero-order valence-electron chi connectivity index (χ0n) is 14.4. The van der Waals surface area contributed by atoms with Crippen molar-refractivity contribution in [1.82, 2.24) is 15.1 Å². The van der Waals surface area contributed by atoms with Gasteiger partial charge in [0.1, 0.15) is 0 Å². The molecule has 3 heterocycles. The first-order valence-corrected chi connectivity index (χ1v) is 9.40. The number of nitrogens with zero attached hydrogens (tertiary/aromatic N) is 2. The van der Waals surface area contributed by atoms with E-state index >= 15 is 0 Å². The van der Waals surface area contributed by atoms with Gasteiger partial charge in [0.05, 0.1) is 12.5 Å². The fourth-order valence-corrected chi connectivity index (χ4v) is 4.15. The second-order valence-corrected chi connectivity index (χ2v) is 7.72. The van der Waals surface area contributed by atoms with Crippen LogP contribution in [0, 0.1) is 0 Å². The first kappa shape index (κ1) is 17.2. The molecule has 0 bridgehead atoms. The molecule has 0 spiro atoms. The third kappa shape index (κ3) is 3.87. The van der Waals surface area contributed by atoms with E-state index in [1.807, 2.05) is 4.90 Å². The molecular formula is C18H25N3O2S. The first-order chi connectivity index (χ1) is 11.5. The minimum atomic E-state index is -0.356. The van der Waals surface area contributed by atoms with Gasteiger partial charge >= 0.3 is 0 Å². The van der Waals surface area contributed by atoms with E-state index in [0.717, 1.165) is 26.1 Å². The number of fused-ring (bicyclic) bond motifs is 1. The summed E-state index contributed by atoms with van der Waals surface area (Å²) in [6.07, 6.45) is 3.31. The normalized spacial score (nSPS) is 21.2. The average molecular weight is 347 g/mol. The predicted octanol–water partition coefficient (Wildman–Crippen LogP) is 1.79. The number of hydrogen-bond donors (Lipinski definition) is 1. The van der Waals surface area contributed by atoms with Crippen LogP contribution in [0.4, 0.5) is 0 Å². The van der Waals surface area contributed by atoms with E-state index in [-0.39, 0.29) is 24.3 Å². The van der Waals surface area contributed by atoms with Gasteiger partial charge in [-0.3, -0.25) is 14.5 Å². The van der Waals surface area contributed by atoms with Crippen molar-refractivity contribution in [3.05, 3.63) is 33.5 Å². The summed E-state index contributed by atoms with van der Waals surface area (Å²) in [6, 6.07) is 1.75. The SMILES string of the molecule is CC(C)=CCN1CCNC(=O)[C@@H]1CC(=O)N1CCc2sccc2C1. The molecule has 0 radical (unpaired) electrons. The van der Waals surface area contributed by atoms with Crippen molar-refractivity contribution >= 4 is 23.2 Å². The highest BCUT2D eigenvalue weighted by Crippen LogP contribution is 2.25. The molecule has 1 aromatic rings. The molecule has 24 heavy (non-hydrogen) atoms. The Hall–Kier alpha value is -1.66. The van der Waals surface area contributed by atoms with Gasteiger partial charge in [-0.1, -0.05) is 11.6 Å². The molecule has 2 amide bonds. The number of carbonyl (C=O) groups excluding carboxylic acids is 2. The van der Waals surface area contributed by atoms with Crippen molar-refractivity contribution in [2.24, 2.45) is 0 Å². The fourth-order valence-electron chi connectivity index (χ4n) is 3.26. The van der Waals surface area contributed by atoms with Crippen molar-refractivity contribution in [3.63, 3.8) is 0 Å². The Morgan fingerprint density at radius 2 is 2.25 bits per heavy atom. The number of carbonyl (C=O) groups is 2. The largest absolute Gasteiger partial charge is 0.353 e. The Bertz CT molecular complexity index is 648. The van der Waals surface area contributed by atoms with Crippen LogP contribution in [0.5, 0.6) is 0 Å². The third-order valence-electron chi connectivity index (χ3n) is 4.70. The van der Waals surface area contributed by atoms with E-state index in [4.69, 9.17) is 0 Å². The molecule has 2 aliphatic rings. The van der Waals surface area contributed by atoms with Gasteiger partial charge in [-0.25, -0.2) is 0 Å². The van der Waals surface area contributed by atoms with Crippen LogP contribution in [0.25, 0.3) is 0 Å². The highest BCUT2D eigenvalue weighted by Gasteiger charge is 2.33. The Morgan fingerprint density at radius 1 is 1.42 bits per heavy atom. The van der Waals surface area contributed by atoms with Gasteiger partial charge < -0.3 is 10.2 Å². The number of hydrogen-bond acceptors (Lipinski definition) is 4. The molecule has 2 aliphatic heterocycles. The average Bonchev–Trinajstić information content (AvgIpc) is 3.02. The Kier molecular flexibility index (Phi) is 5.36. The number of rotatable bonds is 4. The quantitative estimate of drug-likeness (QED) is 0.845. The Balaban J connectivity index is 1.64. The van der Waals surface area contributed by atoms with Gasteiger partial charge in [-0.15, -0.1) is 11.3 Å². The maximum Gasteiger partial charge on any atom is 0.237 e. The molecule has 1 saturated heterocycles. The summed E-state index contributed by atoms with van der Waals surface area (Å²) in [5.74, 6) is 0.0566. The number of piperazine rings is 1. The van der Waals surface area contributed by atoms with Gasteiger partial charge in [0, 0.05) is 37.6 Å². The standard InChI is InChI=1S/C18H25N3O2S/c1-13(2)3-7-20-9-6-19-18(23)15(20)11-17(22)21-8-4-16-14(12-21)5-10-24-16/h3,5,10,15H,4,6-9,11-12H2,1-2H3,(H,19,23)/t15-/m0/s1. The minimum Gasteiger partial charge on any atom is -0.353 e. The summed E-state index contributed by atoms with van der Waals surface area (Å²) in [4.78, 5) is 30.4. The minimum absolute atomic E-state index is 0.0232. The number of thiophene rings is 1. The van der Waals surface area contributed by atoms with Gasteiger partial charge in [0.25, 0.3) is 0 Å². The lowest BCUT2D eigenvalue weighted by Gasteiger charge is -2.36. The smallest absolute Gasteiger partial charge is 0.237 e. The van der Waals surface area contributed by atoms with Crippen molar-refractivity contribution in [3.8, 4) is 0 Å². The molecule has 0 aromatic carbocycles. The lowest BCUT2D eigenvalue weighted by Crippen LogP contribution is -2.56. The summed E-state index contributed by atoms with van der Waals surface area (Å²) >= 11 is 1.77. The van der Waals surface area contributed by atoms with Gasteiger partial charge in [-0.2, -0.15) is 0 Å². The van der Waals surface area contributed by atoms with Crippen molar-refractivity contribution in [2.75, 3.05) is 26.2 Å². The van der Waals surface area contributed by atoms with Crippen molar-refractivity contribution in [2.45, 2.75) is 39.3 Å². The number of allylic oxidation sites excluding steroid dienone is 1. The Labute approximate surface area is 147 Å². The molecule has 5 nitrogen and oxygen atoms in total. The highest BCUT2D eigenvalue weighted by atomic mass is 32.1. The molecule has 6 heteroatoms. The highest BCUT2D eigenvalue weighted by molar-refractivity contribution is 7.10. The van der Waals surface area contributed by atoms with Crippen LogP contribution in [-0.2, 0) is 22.6 Å². The fraction of sp³-hybridized carbons (Fsp3) is 0.556. The number of nitrogens with one attached hydrogen (secondary N) is 1. The topological polar surface area (TPSA) is 52.7 Å². The summed E-state index contributed by atoms with van der Waals surface area (Å²) in [6.45, 7) is 7.72. The summed E-state index contributed by atoms with van der Waals surface area (Å²) < 4.78 is 0. The molecule has 3 rings (SSSR count). The lowest BCUT2D eigenvalue weighted by atomic mass is 10.0. The molecular weight excluding hydrogens is 322 g/mol. The van der Waals surface area contributed by atoms with Gasteiger partial charge in [0.15, 0.2) is 0 Å². The summed E-state index contributed by atoms with van der Waals surface area (Å²) in [7, 11) is 0. The second kappa shape index (κ2) is 7.49. The van der Waals surface area contributed by atoms with E-state index in [1.165, 1.54) is 16.0 Å². The third-order valence-corrected chi connectivity index (χ3v) is 5.73. The second-order valence-electron chi connectivity index (χ2n) is 6.72. The van der Waals surface area contributed by atoms with E-state index < -0.39 is 0 Å². The van der Waals surface area contributed by atoms with Crippen LogP contribution in [-0.4, -0.2) is 53.8 Å². The molecule has 0 saturated carbocycles. The molecule has 1 N–H and O–H groups in total. The Morgan fingerprint density at radius 3 is 3.04 bits per heavy atom. The van der Waals surface area contributed by atoms with Crippen LogP contribution in [0.15, 0.2) is 23.1 Å². The van der Waals surface area contributed by atoms with Crippen LogP contribution in [0.2, 0.25) is 0 Å². The maximum atomic E-state index is 12.7. The lowest BCUT2D eigenvalue weighted by molar-refractivity contribution is -0.139. The van der Waals surface area contributed by atoms with Crippen LogP contribution < -0.4 is 5.32 Å². The monoisotopic (exact) mass is 347 g/mol. The van der Waals surface area contributed by atoms with E-state index in [9.17, 15) is 9.59 Å². The van der Waals surface area contributed by atoms with Crippen LogP contribution in [0.3, 0.4) is 0 Å².